The zero-order valence-corrected chi connectivity index (χ0v) is 10.3. The van der Waals surface area contributed by atoms with Crippen molar-refractivity contribution >= 4 is 5.69 Å². The molecule has 1 heterocycles. The molecule has 6 heteroatoms. The first-order valence-corrected chi connectivity index (χ1v) is 6.24. The molecule has 1 unspecified atom stereocenters. The molecule has 0 saturated heterocycles. The highest BCUT2D eigenvalue weighted by Crippen LogP contribution is 2.42. The Kier molecular flexibility index (Phi) is 3.54. The smallest absolute Gasteiger partial charge is 0.391 e. The molecule has 0 spiro atoms. The first-order valence-electron chi connectivity index (χ1n) is 6.24. The van der Waals surface area contributed by atoms with Crippen molar-refractivity contribution in [2.75, 3.05) is 5.73 Å². The van der Waals surface area contributed by atoms with E-state index < -0.39 is 12.1 Å². The predicted molar refractivity (Wildman–Crippen MR) is 62.9 cm³/mol. The van der Waals surface area contributed by atoms with Gasteiger partial charge in [-0.25, -0.2) is 0 Å². The summed E-state index contributed by atoms with van der Waals surface area (Å²) >= 11 is 0. The van der Waals surface area contributed by atoms with E-state index in [1.807, 2.05) is 6.92 Å². The average molecular weight is 261 g/mol. The third kappa shape index (κ3) is 2.79. The molecule has 0 amide bonds. The molecule has 1 aromatic heterocycles. The van der Waals surface area contributed by atoms with Gasteiger partial charge >= 0.3 is 6.18 Å². The Labute approximate surface area is 104 Å². The van der Waals surface area contributed by atoms with Crippen LogP contribution in [0, 0.1) is 11.8 Å². The molecule has 102 valence electrons. The summed E-state index contributed by atoms with van der Waals surface area (Å²) in [6.07, 6.45) is 0.934. The second-order valence-electron chi connectivity index (χ2n) is 5.15. The summed E-state index contributed by atoms with van der Waals surface area (Å²) in [6.45, 7) is 1.99. The maximum Gasteiger partial charge on any atom is 0.391 e. The number of anilines is 1. The summed E-state index contributed by atoms with van der Waals surface area (Å²) in [4.78, 5) is 0. The van der Waals surface area contributed by atoms with E-state index in [0.717, 1.165) is 0 Å². The van der Waals surface area contributed by atoms with Gasteiger partial charge in [0.1, 0.15) is 0 Å². The molecule has 2 rings (SSSR count). The van der Waals surface area contributed by atoms with Gasteiger partial charge < -0.3 is 5.73 Å². The number of nitrogen functional groups attached to an aromatic ring is 1. The number of rotatable bonds is 2. The number of hydrogen-bond acceptors (Lipinski definition) is 2. The van der Waals surface area contributed by atoms with Gasteiger partial charge in [0, 0.05) is 6.20 Å². The van der Waals surface area contributed by atoms with Crippen LogP contribution in [0.15, 0.2) is 12.4 Å². The number of alkyl halides is 3. The summed E-state index contributed by atoms with van der Waals surface area (Å²) in [5.41, 5.74) is 6.18. The standard InChI is InChI=1S/C12H18F3N3/c1-8(18-7-11(16)6-17-18)9-2-4-10(5-3-9)12(13,14)15/h6-10H,2-5,16H2,1H3. The minimum Gasteiger partial charge on any atom is -0.396 e. The van der Waals surface area contributed by atoms with E-state index in [9.17, 15) is 13.2 Å². The monoisotopic (exact) mass is 261 g/mol. The molecule has 0 aliphatic heterocycles. The lowest BCUT2D eigenvalue weighted by Crippen LogP contribution is -2.30. The number of aromatic nitrogens is 2. The van der Waals surface area contributed by atoms with E-state index in [0.29, 0.717) is 18.5 Å². The molecule has 1 aromatic rings. The minimum atomic E-state index is -4.04. The minimum absolute atomic E-state index is 0.108. The SMILES string of the molecule is CC(C1CCC(C(F)(F)F)CC1)n1cc(N)cn1. The van der Waals surface area contributed by atoms with Crippen molar-refractivity contribution in [3.05, 3.63) is 12.4 Å². The van der Waals surface area contributed by atoms with Gasteiger partial charge in [-0.3, -0.25) is 4.68 Å². The lowest BCUT2D eigenvalue weighted by molar-refractivity contribution is -0.184. The van der Waals surface area contributed by atoms with E-state index >= 15 is 0 Å². The highest BCUT2D eigenvalue weighted by Gasteiger charge is 2.42. The molecule has 1 saturated carbocycles. The van der Waals surface area contributed by atoms with Gasteiger partial charge in [0.15, 0.2) is 0 Å². The number of nitrogens with two attached hydrogens (primary N) is 1. The molecule has 1 atom stereocenters. The average Bonchev–Trinajstić information content (AvgIpc) is 2.74. The van der Waals surface area contributed by atoms with Crippen LogP contribution in [-0.4, -0.2) is 16.0 Å². The zero-order valence-electron chi connectivity index (χ0n) is 10.3. The maximum absolute atomic E-state index is 12.6. The van der Waals surface area contributed by atoms with Crippen LogP contribution in [-0.2, 0) is 0 Å². The van der Waals surface area contributed by atoms with Gasteiger partial charge in [-0.1, -0.05) is 0 Å². The van der Waals surface area contributed by atoms with Gasteiger partial charge in [0.25, 0.3) is 0 Å². The predicted octanol–water partition coefficient (Wildman–Crippen LogP) is 3.40. The van der Waals surface area contributed by atoms with Gasteiger partial charge in [0.2, 0.25) is 0 Å². The van der Waals surface area contributed by atoms with E-state index in [1.54, 1.807) is 17.1 Å². The molecule has 0 bridgehead atoms. The van der Waals surface area contributed by atoms with Crippen LogP contribution in [0.2, 0.25) is 0 Å². The van der Waals surface area contributed by atoms with Crippen molar-refractivity contribution in [3.8, 4) is 0 Å². The lowest BCUT2D eigenvalue weighted by Gasteiger charge is -2.33. The van der Waals surface area contributed by atoms with Gasteiger partial charge in [-0.05, 0) is 38.5 Å². The highest BCUT2D eigenvalue weighted by atomic mass is 19.4. The Balaban J connectivity index is 1.94. The van der Waals surface area contributed by atoms with Crippen LogP contribution >= 0.6 is 0 Å². The molecule has 1 aliphatic carbocycles. The third-order valence-electron chi connectivity index (χ3n) is 3.96. The van der Waals surface area contributed by atoms with Crippen molar-refractivity contribution < 1.29 is 13.2 Å². The van der Waals surface area contributed by atoms with Crippen LogP contribution < -0.4 is 5.73 Å². The van der Waals surface area contributed by atoms with Gasteiger partial charge in [-0.2, -0.15) is 18.3 Å². The van der Waals surface area contributed by atoms with Crippen molar-refractivity contribution in [2.45, 2.75) is 44.8 Å². The summed E-state index contributed by atoms with van der Waals surface area (Å²) < 4.78 is 39.4. The quantitative estimate of drug-likeness (QED) is 0.886. The van der Waals surface area contributed by atoms with Crippen molar-refractivity contribution in [1.82, 2.24) is 9.78 Å². The van der Waals surface area contributed by atoms with Crippen molar-refractivity contribution in [2.24, 2.45) is 11.8 Å². The number of halogens is 3. The van der Waals surface area contributed by atoms with E-state index in [4.69, 9.17) is 5.73 Å². The largest absolute Gasteiger partial charge is 0.396 e. The first kappa shape index (κ1) is 13.2. The van der Waals surface area contributed by atoms with E-state index in [2.05, 4.69) is 5.10 Å². The Hall–Kier alpha value is -1.20. The molecule has 0 aromatic carbocycles. The fourth-order valence-electron chi connectivity index (χ4n) is 2.72. The summed E-state index contributed by atoms with van der Waals surface area (Å²) in [7, 11) is 0. The van der Waals surface area contributed by atoms with Crippen LogP contribution in [0.25, 0.3) is 0 Å². The topological polar surface area (TPSA) is 43.8 Å². The van der Waals surface area contributed by atoms with Crippen LogP contribution in [0.3, 0.4) is 0 Å². The van der Waals surface area contributed by atoms with Crippen molar-refractivity contribution in [3.63, 3.8) is 0 Å². The second-order valence-corrected chi connectivity index (χ2v) is 5.15. The van der Waals surface area contributed by atoms with Crippen molar-refractivity contribution in [1.29, 1.82) is 0 Å². The normalized spacial score (nSPS) is 27.1. The lowest BCUT2D eigenvalue weighted by atomic mass is 9.78. The summed E-state index contributed by atoms with van der Waals surface area (Å²) in [6, 6.07) is 0.108. The number of nitrogens with zero attached hydrogens (tertiary/aromatic N) is 2. The fourth-order valence-corrected chi connectivity index (χ4v) is 2.72. The molecule has 1 aliphatic rings. The Bertz CT molecular complexity index is 392. The Morgan fingerprint density at radius 1 is 1.33 bits per heavy atom. The maximum atomic E-state index is 12.6. The molecule has 2 N–H and O–H groups in total. The highest BCUT2D eigenvalue weighted by molar-refractivity contribution is 5.30. The third-order valence-corrected chi connectivity index (χ3v) is 3.96. The van der Waals surface area contributed by atoms with Crippen LogP contribution in [0.1, 0.15) is 38.6 Å². The Morgan fingerprint density at radius 3 is 2.39 bits per heavy atom. The van der Waals surface area contributed by atoms with E-state index in [1.165, 1.54) is 0 Å². The van der Waals surface area contributed by atoms with Gasteiger partial charge in [-0.15, -0.1) is 0 Å². The summed E-state index contributed by atoms with van der Waals surface area (Å²) in [5.74, 6) is -0.869. The van der Waals surface area contributed by atoms with Crippen LogP contribution in [0.5, 0.6) is 0 Å². The number of hydrogen-bond donors (Lipinski definition) is 1. The van der Waals surface area contributed by atoms with Crippen LogP contribution in [0.4, 0.5) is 18.9 Å². The molecular formula is C12H18F3N3. The van der Waals surface area contributed by atoms with E-state index in [-0.39, 0.29) is 24.8 Å². The van der Waals surface area contributed by atoms with Gasteiger partial charge in [0.05, 0.1) is 23.8 Å². The Morgan fingerprint density at radius 2 is 1.94 bits per heavy atom. The zero-order chi connectivity index (χ0) is 13.3. The summed E-state index contributed by atoms with van der Waals surface area (Å²) in [5, 5.41) is 4.13. The molecule has 3 nitrogen and oxygen atoms in total. The first-order chi connectivity index (χ1) is 8.38. The molecule has 0 radical (unpaired) electrons. The molecule has 18 heavy (non-hydrogen) atoms. The second kappa shape index (κ2) is 4.82. The fraction of sp³-hybridized carbons (Fsp3) is 0.750. The molecule has 1 fully saturated rings. The molecular weight excluding hydrogens is 243 g/mol.